The van der Waals surface area contributed by atoms with Gasteiger partial charge in [-0.2, -0.15) is 5.10 Å². The number of aryl methyl sites for hydroxylation is 1. The van der Waals surface area contributed by atoms with Crippen LogP contribution in [0.3, 0.4) is 0 Å². The Morgan fingerprint density at radius 1 is 1.55 bits per heavy atom. The predicted octanol–water partition coefficient (Wildman–Crippen LogP) is 3.20. The van der Waals surface area contributed by atoms with E-state index in [9.17, 15) is 9.18 Å². The number of hydrogen-bond acceptors (Lipinski definition) is 3. The maximum atomic E-state index is 13.6. The Hall–Kier alpha value is -2.28. The van der Waals surface area contributed by atoms with Crippen LogP contribution in [-0.2, 0) is 6.42 Å². The fourth-order valence-corrected chi connectivity index (χ4v) is 2.60. The SMILES string of the molecule is COc1cc(Cl)c(F)cc1NC(=O)N1CCCc2[nH]ncc21. The van der Waals surface area contributed by atoms with Crippen molar-refractivity contribution in [3.63, 3.8) is 0 Å². The average Bonchev–Trinajstić information content (AvgIpc) is 2.98. The van der Waals surface area contributed by atoms with Gasteiger partial charge in [0.05, 0.1) is 35.4 Å². The number of hydrogen-bond donors (Lipinski definition) is 2. The number of ether oxygens (including phenoxy) is 1. The van der Waals surface area contributed by atoms with Crippen molar-refractivity contribution in [1.29, 1.82) is 0 Å². The summed E-state index contributed by atoms with van der Waals surface area (Å²) in [5, 5.41) is 9.41. The zero-order valence-electron chi connectivity index (χ0n) is 11.8. The van der Waals surface area contributed by atoms with E-state index in [-0.39, 0.29) is 16.7 Å². The van der Waals surface area contributed by atoms with E-state index in [0.717, 1.165) is 30.3 Å². The van der Waals surface area contributed by atoms with Crippen molar-refractivity contribution >= 4 is 29.0 Å². The molecule has 0 fully saturated rings. The molecule has 0 saturated heterocycles. The number of aromatic amines is 1. The molecule has 0 unspecified atom stereocenters. The lowest BCUT2D eigenvalue weighted by atomic mass is 10.1. The fraction of sp³-hybridized carbons (Fsp3) is 0.286. The summed E-state index contributed by atoms with van der Waals surface area (Å²) in [6.45, 7) is 0.566. The van der Waals surface area contributed by atoms with Crippen molar-refractivity contribution in [3.8, 4) is 5.75 Å². The molecule has 0 radical (unpaired) electrons. The summed E-state index contributed by atoms with van der Waals surface area (Å²) in [5.74, 6) is -0.329. The van der Waals surface area contributed by atoms with Gasteiger partial charge in [0.2, 0.25) is 0 Å². The highest BCUT2D eigenvalue weighted by atomic mass is 35.5. The van der Waals surface area contributed by atoms with E-state index in [1.807, 2.05) is 0 Å². The van der Waals surface area contributed by atoms with Gasteiger partial charge >= 0.3 is 6.03 Å². The molecule has 0 atom stereocenters. The first kappa shape index (κ1) is 14.6. The molecule has 1 aromatic carbocycles. The summed E-state index contributed by atoms with van der Waals surface area (Å²) in [7, 11) is 1.42. The highest BCUT2D eigenvalue weighted by molar-refractivity contribution is 6.31. The molecule has 1 aliphatic heterocycles. The number of amides is 2. The minimum atomic E-state index is -0.625. The molecule has 0 saturated carbocycles. The van der Waals surface area contributed by atoms with Gasteiger partial charge in [-0.15, -0.1) is 0 Å². The van der Waals surface area contributed by atoms with Crippen LogP contribution in [0.25, 0.3) is 0 Å². The summed E-state index contributed by atoms with van der Waals surface area (Å²) in [4.78, 5) is 14.0. The first-order valence-electron chi connectivity index (χ1n) is 6.74. The molecular weight excluding hydrogens is 311 g/mol. The Morgan fingerprint density at radius 2 is 2.36 bits per heavy atom. The van der Waals surface area contributed by atoms with Crippen molar-refractivity contribution in [2.24, 2.45) is 0 Å². The summed E-state index contributed by atoms with van der Waals surface area (Å²) >= 11 is 5.71. The van der Waals surface area contributed by atoms with Gasteiger partial charge < -0.3 is 10.1 Å². The predicted molar refractivity (Wildman–Crippen MR) is 81.2 cm³/mol. The summed E-state index contributed by atoms with van der Waals surface area (Å²) in [6, 6.07) is 2.09. The monoisotopic (exact) mass is 324 g/mol. The number of benzene rings is 1. The zero-order chi connectivity index (χ0) is 15.7. The highest BCUT2D eigenvalue weighted by Gasteiger charge is 2.25. The third-order valence-electron chi connectivity index (χ3n) is 3.52. The number of methoxy groups -OCH3 is 1. The van der Waals surface area contributed by atoms with E-state index in [1.54, 1.807) is 11.1 Å². The molecule has 0 bridgehead atoms. The van der Waals surface area contributed by atoms with Crippen LogP contribution in [0.4, 0.5) is 20.6 Å². The lowest BCUT2D eigenvalue weighted by molar-refractivity contribution is 0.256. The Morgan fingerprint density at radius 3 is 3.14 bits per heavy atom. The number of H-pyrrole nitrogens is 1. The number of rotatable bonds is 2. The molecule has 3 rings (SSSR count). The zero-order valence-corrected chi connectivity index (χ0v) is 12.6. The second-order valence-corrected chi connectivity index (χ2v) is 5.29. The van der Waals surface area contributed by atoms with Gasteiger partial charge in [-0.25, -0.2) is 9.18 Å². The highest BCUT2D eigenvalue weighted by Crippen LogP contribution is 2.32. The molecule has 1 aliphatic rings. The van der Waals surface area contributed by atoms with Crippen molar-refractivity contribution < 1.29 is 13.9 Å². The Labute approximate surface area is 131 Å². The van der Waals surface area contributed by atoms with E-state index >= 15 is 0 Å². The van der Waals surface area contributed by atoms with E-state index in [4.69, 9.17) is 16.3 Å². The molecule has 22 heavy (non-hydrogen) atoms. The lowest BCUT2D eigenvalue weighted by Gasteiger charge is -2.26. The number of nitrogens with zero attached hydrogens (tertiary/aromatic N) is 2. The van der Waals surface area contributed by atoms with Crippen molar-refractivity contribution in [3.05, 3.63) is 34.9 Å². The second-order valence-electron chi connectivity index (χ2n) is 4.89. The Bertz CT molecular complexity index is 719. The van der Waals surface area contributed by atoms with Crippen LogP contribution >= 0.6 is 11.6 Å². The minimum absolute atomic E-state index is 0.0649. The molecule has 2 aromatic rings. The second kappa shape index (κ2) is 5.84. The van der Waals surface area contributed by atoms with Gasteiger partial charge in [0.25, 0.3) is 0 Å². The van der Waals surface area contributed by atoms with Crippen molar-refractivity contribution in [1.82, 2.24) is 10.2 Å². The normalized spacial score (nSPS) is 13.7. The summed E-state index contributed by atoms with van der Waals surface area (Å²) < 4.78 is 18.7. The fourth-order valence-electron chi connectivity index (χ4n) is 2.45. The van der Waals surface area contributed by atoms with Crippen LogP contribution in [0.1, 0.15) is 12.1 Å². The van der Waals surface area contributed by atoms with Crippen LogP contribution in [0.5, 0.6) is 5.75 Å². The van der Waals surface area contributed by atoms with Gasteiger partial charge in [-0.05, 0) is 12.8 Å². The maximum absolute atomic E-state index is 13.6. The number of carbonyl (C=O) groups excluding carboxylic acids is 1. The topological polar surface area (TPSA) is 70.2 Å². The van der Waals surface area contributed by atoms with E-state index in [2.05, 4.69) is 15.5 Å². The summed E-state index contributed by atoms with van der Waals surface area (Å²) in [5.41, 5.74) is 1.87. The standard InChI is InChI=1S/C14H14ClFN4O2/c1-22-13-5-8(15)9(16)6-11(13)18-14(21)20-4-2-3-10-12(20)7-17-19-10/h5-7H,2-4H2,1H3,(H,17,19)(H,18,21). The molecule has 0 spiro atoms. The van der Waals surface area contributed by atoms with Gasteiger partial charge in [-0.3, -0.25) is 10.00 Å². The van der Waals surface area contributed by atoms with Crippen molar-refractivity contribution in [2.75, 3.05) is 23.9 Å². The van der Waals surface area contributed by atoms with Gasteiger partial charge in [0.15, 0.2) is 0 Å². The molecule has 116 valence electrons. The lowest BCUT2D eigenvalue weighted by Crippen LogP contribution is -2.38. The molecule has 2 amide bonds. The summed E-state index contributed by atoms with van der Waals surface area (Å²) in [6.07, 6.45) is 3.28. The molecule has 6 nitrogen and oxygen atoms in total. The van der Waals surface area contributed by atoms with Crippen LogP contribution in [0, 0.1) is 5.82 Å². The quantitative estimate of drug-likeness (QED) is 0.891. The van der Waals surface area contributed by atoms with E-state index in [1.165, 1.54) is 13.2 Å². The van der Waals surface area contributed by atoms with Gasteiger partial charge in [0, 0.05) is 18.7 Å². The van der Waals surface area contributed by atoms with Crippen LogP contribution in [0.2, 0.25) is 5.02 Å². The maximum Gasteiger partial charge on any atom is 0.326 e. The molecule has 0 aliphatic carbocycles. The minimum Gasteiger partial charge on any atom is -0.495 e. The molecule has 1 aromatic heterocycles. The number of nitrogens with one attached hydrogen (secondary N) is 2. The first-order chi connectivity index (χ1) is 10.6. The van der Waals surface area contributed by atoms with Gasteiger partial charge in [0.1, 0.15) is 11.6 Å². The molecular formula is C14H14ClFN4O2. The smallest absolute Gasteiger partial charge is 0.326 e. The van der Waals surface area contributed by atoms with Crippen molar-refractivity contribution in [2.45, 2.75) is 12.8 Å². The first-order valence-corrected chi connectivity index (χ1v) is 7.11. The number of aromatic nitrogens is 2. The van der Waals surface area contributed by atoms with Crippen LogP contribution in [0.15, 0.2) is 18.3 Å². The van der Waals surface area contributed by atoms with Crippen LogP contribution < -0.4 is 15.0 Å². The average molecular weight is 325 g/mol. The third-order valence-corrected chi connectivity index (χ3v) is 3.81. The van der Waals surface area contributed by atoms with E-state index < -0.39 is 5.82 Å². The van der Waals surface area contributed by atoms with Gasteiger partial charge in [-0.1, -0.05) is 11.6 Å². The number of halogens is 2. The number of fused-ring (bicyclic) bond motifs is 1. The number of carbonyl (C=O) groups is 1. The Balaban J connectivity index is 1.86. The molecule has 8 heteroatoms. The number of anilines is 2. The largest absolute Gasteiger partial charge is 0.495 e. The van der Waals surface area contributed by atoms with E-state index in [0.29, 0.717) is 12.3 Å². The molecule has 2 N–H and O–H groups in total. The molecule has 2 heterocycles. The van der Waals surface area contributed by atoms with Crippen LogP contribution in [-0.4, -0.2) is 29.9 Å². The Kier molecular flexibility index (Phi) is 3.89. The number of urea groups is 1. The third kappa shape index (κ3) is 2.59.